The Morgan fingerprint density at radius 2 is 2.14 bits per heavy atom. The van der Waals surface area contributed by atoms with Crippen LogP contribution in [0.1, 0.15) is 30.0 Å². The summed E-state index contributed by atoms with van der Waals surface area (Å²) in [7, 11) is 3.51. The number of likely N-dealkylation sites (tertiary alicyclic amines) is 1. The molecule has 3 rings (SSSR count). The number of nitrogens with two attached hydrogens (primary N) is 1. The van der Waals surface area contributed by atoms with Gasteiger partial charge in [-0.2, -0.15) is 0 Å². The Morgan fingerprint density at radius 3 is 2.90 bits per heavy atom. The van der Waals surface area contributed by atoms with Crippen molar-refractivity contribution in [3.05, 3.63) is 29.3 Å². The summed E-state index contributed by atoms with van der Waals surface area (Å²) < 4.78 is 10.6. The van der Waals surface area contributed by atoms with Gasteiger partial charge in [0.15, 0.2) is 0 Å². The lowest BCUT2D eigenvalue weighted by molar-refractivity contribution is 0.138. The van der Waals surface area contributed by atoms with Gasteiger partial charge in [0, 0.05) is 25.7 Å². The summed E-state index contributed by atoms with van der Waals surface area (Å²) in [6.45, 7) is 3.14. The lowest BCUT2D eigenvalue weighted by Crippen LogP contribution is -2.44. The van der Waals surface area contributed by atoms with Gasteiger partial charge >= 0.3 is 0 Å². The van der Waals surface area contributed by atoms with Crippen molar-refractivity contribution in [3.8, 4) is 5.75 Å². The summed E-state index contributed by atoms with van der Waals surface area (Å²) in [5, 5.41) is 0. The van der Waals surface area contributed by atoms with Gasteiger partial charge in [-0.15, -0.1) is 0 Å². The van der Waals surface area contributed by atoms with Gasteiger partial charge in [0.05, 0.1) is 13.7 Å². The van der Waals surface area contributed by atoms with Crippen LogP contribution in [0, 0.1) is 5.92 Å². The molecule has 4 heteroatoms. The van der Waals surface area contributed by atoms with Crippen LogP contribution in [0.3, 0.4) is 0 Å². The minimum Gasteiger partial charge on any atom is -0.497 e. The Bertz CT molecular complexity index is 492. The maximum Gasteiger partial charge on any atom is 0.119 e. The van der Waals surface area contributed by atoms with E-state index in [1.54, 1.807) is 14.2 Å². The van der Waals surface area contributed by atoms with E-state index in [-0.39, 0.29) is 6.04 Å². The van der Waals surface area contributed by atoms with E-state index in [1.807, 2.05) is 6.07 Å². The topological polar surface area (TPSA) is 47.7 Å². The minimum absolute atomic E-state index is 0.112. The summed E-state index contributed by atoms with van der Waals surface area (Å²) in [4.78, 5) is 2.57. The molecule has 2 N–H and O–H groups in total. The maximum atomic E-state index is 6.57. The Kier molecular flexibility index (Phi) is 4.48. The van der Waals surface area contributed by atoms with Crippen molar-refractivity contribution < 1.29 is 9.47 Å². The first-order valence-electron chi connectivity index (χ1n) is 7.88. The molecule has 3 unspecified atom stereocenters. The summed E-state index contributed by atoms with van der Waals surface area (Å²) in [6.07, 6.45) is 3.46. The van der Waals surface area contributed by atoms with Crippen LogP contribution in [0.25, 0.3) is 0 Å². The highest BCUT2D eigenvalue weighted by Crippen LogP contribution is 2.35. The first kappa shape index (κ1) is 14.8. The van der Waals surface area contributed by atoms with E-state index in [1.165, 1.54) is 17.5 Å². The van der Waals surface area contributed by atoms with Crippen molar-refractivity contribution in [2.75, 3.05) is 33.9 Å². The molecule has 21 heavy (non-hydrogen) atoms. The predicted molar refractivity (Wildman–Crippen MR) is 83.6 cm³/mol. The Labute approximate surface area is 127 Å². The molecule has 1 aromatic carbocycles. The van der Waals surface area contributed by atoms with E-state index in [0.29, 0.717) is 12.0 Å². The molecule has 1 aliphatic carbocycles. The molecule has 116 valence electrons. The number of ether oxygens (including phenoxy) is 2. The number of fused-ring (bicyclic) bond motifs is 1. The molecule has 4 nitrogen and oxygen atoms in total. The third kappa shape index (κ3) is 2.93. The summed E-state index contributed by atoms with van der Waals surface area (Å²) in [6, 6.07) is 6.89. The molecular formula is C17H26N2O2. The van der Waals surface area contributed by atoms with Gasteiger partial charge in [0.2, 0.25) is 0 Å². The van der Waals surface area contributed by atoms with Crippen LogP contribution in [-0.4, -0.2) is 44.9 Å². The third-order valence-electron chi connectivity index (χ3n) is 5.02. The van der Waals surface area contributed by atoms with Gasteiger partial charge in [0.25, 0.3) is 0 Å². The largest absolute Gasteiger partial charge is 0.497 e. The lowest BCUT2D eigenvalue weighted by Gasteiger charge is -2.37. The molecule has 0 spiro atoms. The summed E-state index contributed by atoms with van der Waals surface area (Å²) in [5.74, 6) is 1.60. The van der Waals surface area contributed by atoms with Crippen LogP contribution in [0.5, 0.6) is 5.75 Å². The van der Waals surface area contributed by atoms with Crippen LogP contribution in [-0.2, 0) is 11.2 Å². The zero-order valence-electron chi connectivity index (χ0n) is 13.0. The molecular weight excluding hydrogens is 264 g/mol. The van der Waals surface area contributed by atoms with Crippen LogP contribution < -0.4 is 10.5 Å². The van der Waals surface area contributed by atoms with Gasteiger partial charge in [-0.25, -0.2) is 0 Å². The minimum atomic E-state index is 0.112. The van der Waals surface area contributed by atoms with Crippen LogP contribution in [0.2, 0.25) is 0 Å². The van der Waals surface area contributed by atoms with Crippen molar-refractivity contribution >= 4 is 0 Å². The SMILES string of the molecule is COCC1CCN(C2CCc3cc(OC)ccc3C2N)C1. The molecule has 0 saturated carbocycles. The Balaban J connectivity index is 1.72. The van der Waals surface area contributed by atoms with Crippen LogP contribution in [0.15, 0.2) is 18.2 Å². The quantitative estimate of drug-likeness (QED) is 0.921. The van der Waals surface area contributed by atoms with Gasteiger partial charge in [-0.3, -0.25) is 4.90 Å². The summed E-state index contributed by atoms with van der Waals surface area (Å²) in [5.41, 5.74) is 9.21. The Hall–Kier alpha value is -1.10. The fourth-order valence-electron chi connectivity index (χ4n) is 3.89. The second kappa shape index (κ2) is 6.34. The average Bonchev–Trinajstić information content (AvgIpc) is 2.96. The molecule has 1 aromatic rings. The van der Waals surface area contributed by atoms with E-state index in [4.69, 9.17) is 15.2 Å². The number of nitrogens with zero attached hydrogens (tertiary/aromatic N) is 1. The van der Waals surface area contributed by atoms with E-state index >= 15 is 0 Å². The number of hydrogen-bond acceptors (Lipinski definition) is 4. The first-order valence-corrected chi connectivity index (χ1v) is 7.88. The van der Waals surface area contributed by atoms with Gasteiger partial charge in [0.1, 0.15) is 5.75 Å². The van der Waals surface area contributed by atoms with Crippen LogP contribution in [0.4, 0.5) is 0 Å². The molecule has 1 aliphatic heterocycles. The number of hydrogen-bond donors (Lipinski definition) is 1. The Morgan fingerprint density at radius 1 is 1.29 bits per heavy atom. The predicted octanol–water partition coefficient (Wildman–Crippen LogP) is 1.98. The highest BCUT2D eigenvalue weighted by molar-refractivity contribution is 5.40. The van der Waals surface area contributed by atoms with E-state index in [9.17, 15) is 0 Å². The molecule has 0 radical (unpaired) electrons. The average molecular weight is 290 g/mol. The molecule has 3 atom stereocenters. The van der Waals surface area contributed by atoms with Crippen molar-refractivity contribution in [1.29, 1.82) is 0 Å². The van der Waals surface area contributed by atoms with E-state index < -0.39 is 0 Å². The van der Waals surface area contributed by atoms with E-state index in [2.05, 4.69) is 17.0 Å². The standard InChI is InChI=1S/C17H26N2O2/c1-20-11-12-7-8-19(10-12)16-6-3-13-9-14(21-2)4-5-15(13)17(16)18/h4-5,9,12,16-17H,3,6-8,10-11,18H2,1-2H3. The summed E-state index contributed by atoms with van der Waals surface area (Å²) >= 11 is 0. The normalized spacial score (nSPS) is 29.4. The van der Waals surface area contributed by atoms with Crippen molar-refractivity contribution in [1.82, 2.24) is 4.90 Å². The van der Waals surface area contributed by atoms with Gasteiger partial charge in [-0.1, -0.05) is 6.07 Å². The van der Waals surface area contributed by atoms with Crippen molar-refractivity contribution in [2.45, 2.75) is 31.3 Å². The number of rotatable bonds is 4. The molecule has 1 heterocycles. The zero-order valence-corrected chi connectivity index (χ0v) is 13.0. The number of methoxy groups -OCH3 is 2. The third-order valence-corrected chi connectivity index (χ3v) is 5.02. The molecule has 0 aromatic heterocycles. The highest BCUT2D eigenvalue weighted by Gasteiger charge is 2.35. The smallest absolute Gasteiger partial charge is 0.119 e. The van der Waals surface area contributed by atoms with Gasteiger partial charge < -0.3 is 15.2 Å². The number of aryl methyl sites for hydroxylation is 1. The van der Waals surface area contributed by atoms with E-state index in [0.717, 1.165) is 38.3 Å². The lowest BCUT2D eigenvalue weighted by atomic mass is 9.83. The highest BCUT2D eigenvalue weighted by atomic mass is 16.5. The molecule has 1 fully saturated rings. The fraction of sp³-hybridized carbons (Fsp3) is 0.647. The molecule has 0 amide bonds. The molecule has 2 aliphatic rings. The fourth-order valence-corrected chi connectivity index (χ4v) is 3.89. The number of benzene rings is 1. The maximum absolute atomic E-state index is 6.57. The monoisotopic (exact) mass is 290 g/mol. The molecule has 1 saturated heterocycles. The zero-order chi connectivity index (χ0) is 14.8. The second-order valence-electron chi connectivity index (χ2n) is 6.30. The van der Waals surface area contributed by atoms with Crippen molar-refractivity contribution in [2.24, 2.45) is 11.7 Å². The van der Waals surface area contributed by atoms with Gasteiger partial charge in [-0.05, 0) is 55.0 Å². The van der Waals surface area contributed by atoms with Crippen LogP contribution >= 0.6 is 0 Å². The van der Waals surface area contributed by atoms with Crippen molar-refractivity contribution in [3.63, 3.8) is 0 Å². The second-order valence-corrected chi connectivity index (χ2v) is 6.30. The molecule has 0 bridgehead atoms. The first-order chi connectivity index (χ1) is 10.2.